The number of nitrogens with zero attached hydrogens (tertiary/aromatic N) is 1. The highest BCUT2D eigenvalue weighted by Crippen LogP contribution is 2.48. The van der Waals surface area contributed by atoms with Gasteiger partial charge >= 0.3 is 0 Å². The number of rotatable bonds is 2. The molecule has 0 saturated heterocycles. The lowest BCUT2D eigenvalue weighted by atomic mass is 9.96. The second kappa shape index (κ2) is 3.25. The van der Waals surface area contributed by atoms with E-state index in [0.29, 0.717) is 10.6 Å². The van der Waals surface area contributed by atoms with Gasteiger partial charge in [0.1, 0.15) is 0 Å². The monoisotopic (exact) mass is 220 g/mol. The van der Waals surface area contributed by atoms with Crippen LogP contribution in [0.3, 0.4) is 0 Å². The molecule has 0 heterocycles. The van der Waals surface area contributed by atoms with Gasteiger partial charge in [0.05, 0.1) is 11.5 Å². The van der Waals surface area contributed by atoms with Gasteiger partial charge in [-0.25, -0.2) is 0 Å². The summed E-state index contributed by atoms with van der Waals surface area (Å²) < 4.78 is 0. The molecule has 1 aromatic rings. The molecule has 15 heavy (non-hydrogen) atoms. The Bertz CT molecular complexity index is 472. The van der Waals surface area contributed by atoms with E-state index in [1.54, 1.807) is 12.1 Å². The van der Waals surface area contributed by atoms with Gasteiger partial charge in [0, 0.05) is 10.6 Å². The van der Waals surface area contributed by atoms with E-state index in [4.69, 9.17) is 22.6 Å². The molecule has 1 saturated carbocycles. The third-order valence-corrected chi connectivity index (χ3v) is 2.92. The number of carbonyl (C=O) groups is 1. The summed E-state index contributed by atoms with van der Waals surface area (Å²) in [5.74, 6) is -0.521. The smallest absolute Gasteiger partial charge is 0.248 e. The summed E-state index contributed by atoms with van der Waals surface area (Å²) in [6, 6.07) is 7.15. The Balaban J connectivity index is 2.50. The molecule has 0 aromatic heterocycles. The number of amides is 1. The van der Waals surface area contributed by atoms with Crippen LogP contribution in [-0.2, 0) is 5.41 Å². The van der Waals surface area contributed by atoms with Gasteiger partial charge in [-0.05, 0) is 36.6 Å². The normalized spacial score (nSPS) is 16.8. The lowest BCUT2D eigenvalue weighted by Gasteiger charge is -2.08. The van der Waals surface area contributed by atoms with Crippen molar-refractivity contribution in [1.29, 1.82) is 5.26 Å². The van der Waals surface area contributed by atoms with Crippen molar-refractivity contribution in [3.8, 4) is 6.07 Å². The molecule has 1 fully saturated rings. The van der Waals surface area contributed by atoms with Crippen molar-refractivity contribution in [2.75, 3.05) is 0 Å². The van der Waals surface area contributed by atoms with Crippen LogP contribution in [0.25, 0.3) is 0 Å². The molecule has 76 valence electrons. The Morgan fingerprint density at radius 3 is 2.60 bits per heavy atom. The van der Waals surface area contributed by atoms with E-state index in [-0.39, 0.29) is 0 Å². The lowest BCUT2D eigenvalue weighted by molar-refractivity contribution is 0.1000. The minimum Gasteiger partial charge on any atom is -0.366 e. The van der Waals surface area contributed by atoms with Crippen molar-refractivity contribution in [3.63, 3.8) is 0 Å². The molecule has 1 amide bonds. The first-order chi connectivity index (χ1) is 7.07. The van der Waals surface area contributed by atoms with E-state index in [2.05, 4.69) is 6.07 Å². The standard InChI is InChI=1S/C11H9ClN2O/c12-9-4-7(10(14)15)3-8(5-9)11(6-13)1-2-11/h3-5H,1-2H2,(H2,14,15). The van der Waals surface area contributed by atoms with Crippen LogP contribution in [0.5, 0.6) is 0 Å². The second-order valence-electron chi connectivity index (χ2n) is 3.79. The minimum atomic E-state index is -0.521. The molecule has 0 unspecified atom stereocenters. The van der Waals surface area contributed by atoms with Crippen LogP contribution in [-0.4, -0.2) is 5.91 Å². The Hall–Kier alpha value is -1.53. The molecule has 0 bridgehead atoms. The maximum atomic E-state index is 11.0. The van der Waals surface area contributed by atoms with Crippen molar-refractivity contribution < 1.29 is 4.79 Å². The fourth-order valence-corrected chi connectivity index (χ4v) is 1.83. The zero-order chi connectivity index (χ0) is 11.1. The van der Waals surface area contributed by atoms with Crippen molar-refractivity contribution in [2.24, 2.45) is 5.73 Å². The Kier molecular flexibility index (Phi) is 2.17. The third kappa shape index (κ3) is 1.69. The third-order valence-electron chi connectivity index (χ3n) is 2.70. The Morgan fingerprint density at radius 2 is 2.13 bits per heavy atom. The first-order valence-electron chi connectivity index (χ1n) is 4.59. The average Bonchev–Trinajstić information content (AvgIpc) is 2.97. The van der Waals surface area contributed by atoms with E-state index >= 15 is 0 Å². The lowest BCUT2D eigenvalue weighted by Crippen LogP contribution is -2.13. The number of halogens is 1. The number of nitriles is 1. The van der Waals surface area contributed by atoms with Crippen molar-refractivity contribution in [3.05, 3.63) is 34.3 Å². The van der Waals surface area contributed by atoms with Gasteiger partial charge in [-0.15, -0.1) is 0 Å². The van der Waals surface area contributed by atoms with Crippen LogP contribution >= 0.6 is 11.6 Å². The van der Waals surface area contributed by atoms with Crippen LogP contribution in [0.4, 0.5) is 0 Å². The van der Waals surface area contributed by atoms with Crippen molar-refractivity contribution >= 4 is 17.5 Å². The van der Waals surface area contributed by atoms with E-state index in [1.807, 2.05) is 0 Å². The van der Waals surface area contributed by atoms with E-state index in [9.17, 15) is 4.79 Å². The van der Waals surface area contributed by atoms with Crippen LogP contribution in [0.15, 0.2) is 18.2 Å². The van der Waals surface area contributed by atoms with Gasteiger partial charge in [-0.2, -0.15) is 5.26 Å². The fraction of sp³-hybridized carbons (Fsp3) is 0.273. The number of primary amides is 1. The number of hydrogen-bond acceptors (Lipinski definition) is 2. The van der Waals surface area contributed by atoms with Gasteiger partial charge in [0.25, 0.3) is 0 Å². The molecule has 4 heteroatoms. The zero-order valence-electron chi connectivity index (χ0n) is 7.96. The molecular weight excluding hydrogens is 212 g/mol. The van der Waals surface area contributed by atoms with Gasteiger partial charge < -0.3 is 5.73 Å². The van der Waals surface area contributed by atoms with Crippen LogP contribution < -0.4 is 5.73 Å². The SMILES string of the molecule is N#CC1(c2cc(Cl)cc(C(N)=O)c2)CC1. The molecule has 0 aliphatic heterocycles. The second-order valence-corrected chi connectivity index (χ2v) is 4.22. The highest BCUT2D eigenvalue weighted by Gasteiger charge is 2.45. The van der Waals surface area contributed by atoms with Gasteiger partial charge in [-0.3, -0.25) is 4.79 Å². The van der Waals surface area contributed by atoms with Gasteiger partial charge in [0.15, 0.2) is 0 Å². The molecule has 3 nitrogen and oxygen atoms in total. The highest BCUT2D eigenvalue weighted by atomic mass is 35.5. The molecule has 1 aliphatic rings. The van der Waals surface area contributed by atoms with Gasteiger partial charge in [0.2, 0.25) is 5.91 Å². The first kappa shape index (κ1) is 10.0. The average molecular weight is 221 g/mol. The molecule has 1 aliphatic carbocycles. The van der Waals surface area contributed by atoms with E-state index < -0.39 is 11.3 Å². The molecule has 1 aromatic carbocycles. The molecule has 0 radical (unpaired) electrons. The van der Waals surface area contributed by atoms with Gasteiger partial charge in [-0.1, -0.05) is 11.6 Å². The Morgan fingerprint density at radius 1 is 1.47 bits per heavy atom. The minimum absolute atomic E-state index is 0.360. The zero-order valence-corrected chi connectivity index (χ0v) is 8.71. The van der Waals surface area contributed by atoms with Crippen LogP contribution in [0, 0.1) is 11.3 Å². The summed E-state index contributed by atoms with van der Waals surface area (Å²) in [5.41, 5.74) is 5.90. The number of hydrogen-bond donors (Lipinski definition) is 1. The van der Waals surface area contributed by atoms with E-state index in [1.165, 1.54) is 6.07 Å². The first-order valence-corrected chi connectivity index (χ1v) is 4.97. The Labute approximate surface area is 92.4 Å². The molecule has 2 N–H and O–H groups in total. The predicted molar refractivity (Wildman–Crippen MR) is 56.5 cm³/mol. The maximum Gasteiger partial charge on any atom is 0.248 e. The number of carbonyl (C=O) groups excluding carboxylic acids is 1. The number of benzene rings is 1. The summed E-state index contributed by atoms with van der Waals surface area (Å²) in [6.45, 7) is 0. The van der Waals surface area contributed by atoms with E-state index in [0.717, 1.165) is 18.4 Å². The number of nitrogens with two attached hydrogens (primary N) is 1. The van der Waals surface area contributed by atoms with Crippen LogP contribution in [0.1, 0.15) is 28.8 Å². The molecular formula is C11H9ClN2O. The molecule has 0 atom stereocenters. The molecule has 2 rings (SSSR count). The maximum absolute atomic E-state index is 11.0. The predicted octanol–water partition coefficient (Wildman–Crippen LogP) is 1.99. The highest BCUT2D eigenvalue weighted by molar-refractivity contribution is 6.31. The summed E-state index contributed by atoms with van der Waals surface area (Å²) in [7, 11) is 0. The van der Waals surface area contributed by atoms with Crippen molar-refractivity contribution in [2.45, 2.75) is 18.3 Å². The largest absolute Gasteiger partial charge is 0.366 e. The molecule has 0 spiro atoms. The van der Waals surface area contributed by atoms with Crippen LogP contribution in [0.2, 0.25) is 5.02 Å². The fourth-order valence-electron chi connectivity index (χ4n) is 1.60. The summed E-state index contributed by atoms with van der Waals surface area (Å²) in [5, 5.41) is 9.47. The summed E-state index contributed by atoms with van der Waals surface area (Å²) in [6.07, 6.45) is 1.64. The summed E-state index contributed by atoms with van der Waals surface area (Å²) >= 11 is 5.87. The summed E-state index contributed by atoms with van der Waals surface area (Å²) in [4.78, 5) is 11.0. The quantitative estimate of drug-likeness (QED) is 0.828. The van der Waals surface area contributed by atoms with Crippen molar-refractivity contribution in [1.82, 2.24) is 0 Å². The topological polar surface area (TPSA) is 66.9 Å².